The Hall–Kier alpha value is -4.00. The number of ether oxygens (including phenoxy) is 7. The molecular formula is C31H38O16. The SMILES string of the molecule is COc1cc(/C=C/C(=O)O[C@H]2[C@H](O[C@@H]3OC[C@@H](O)[C@H](O)[C@H]3O)[C@@H](OC(C)=O)[C@H](OCCc3ccc(O)c(O)c3)O[C@@H]2CO)ccc1O. The van der Waals surface area contributed by atoms with Crippen molar-refractivity contribution in [3.63, 3.8) is 0 Å². The molecule has 0 saturated carbocycles. The van der Waals surface area contributed by atoms with Crippen LogP contribution in [0.25, 0.3) is 6.08 Å². The zero-order valence-electron chi connectivity index (χ0n) is 25.4. The van der Waals surface area contributed by atoms with E-state index in [0.29, 0.717) is 11.1 Å². The summed E-state index contributed by atoms with van der Waals surface area (Å²) in [7, 11) is 1.36. The normalized spacial score (nSPS) is 29.4. The number of carbonyl (C=O) groups excluding carboxylic acids is 2. The third-order valence-electron chi connectivity index (χ3n) is 7.40. The quantitative estimate of drug-likeness (QED) is 0.0856. The minimum atomic E-state index is -1.78. The molecule has 0 bridgehead atoms. The summed E-state index contributed by atoms with van der Waals surface area (Å²) in [5.74, 6) is -2.38. The number of benzene rings is 2. The molecule has 2 fully saturated rings. The molecule has 47 heavy (non-hydrogen) atoms. The van der Waals surface area contributed by atoms with Gasteiger partial charge in [-0.15, -0.1) is 0 Å². The summed E-state index contributed by atoms with van der Waals surface area (Å²) in [4.78, 5) is 25.3. The first kappa shape index (κ1) is 35.8. The largest absolute Gasteiger partial charge is 0.504 e. The Bertz CT molecular complexity index is 1400. The van der Waals surface area contributed by atoms with Crippen LogP contribution in [-0.2, 0) is 44.4 Å². The van der Waals surface area contributed by atoms with Gasteiger partial charge in [-0.1, -0.05) is 12.1 Å². The van der Waals surface area contributed by atoms with Crippen molar-refractivity contribution in [3.05, 3.63) is 53.6 Å². The van der Waals surface area contributed by atoms with Gasteiger partial charge in [0, 0.05) is 13.0 Å². The van der Waals surface area contributed by atoms with Gasteiger partial charge in [0.05, 0.1) is 26.9 Å². The maximum absolute atomic E-state index is 13.0. The molecule has 0 amide bonds. The number of esters is 2. The molecule has 0 unspecified atom stereocenters. The van der Waals surface area contributed by atoms with E-state index in [9.17, 15) is 45.3 Å². The summed E-state index contributed by atoms with van der Waals surface area (Å²) >= 11 is 0. The summed E-state index contributed by atoms with van der Waals surface area (Å²) < 4.78 is 39.3. The molecule has 0 aromatic heterocycles. The van der Waals surface area contributed by atoms with E-state index in [4.69, 9.17) is 33.2 Å². The molecule has 2 heterocycles. The lowest BCUT2D eigenvalue weighted by atomic mass is 9.97. The number of methoxy groups -OCH3 is 1. The average molecular weight is 667 g/mol. The van der Waals surface area contributed by atoms with Crippen molar-refractivity contribution < 1.29 is 78.5 Å². The minimum absolute atomic E-state index is 0.0890. The van der Waals surface area contributed by atoms with Gasteiger partial charge in [-0.3, -0.25) is 4.79 Å². The van der Waals surface area contributed by atoms with Crippen LogP contribution < -0.4 is 4.74 Å². The van der Waals surface area contributed by atoms with Crippen molar-refractivity contribution in [1.82, 2.24) is 0 Å². The molecule has 2 aromatic rings. The van der Waals surface area contributed by atoms with E-state index in [-0.39, 0.29) is 36.0 Å². The molecule has 2 aromatic carbocycles. The van der Waals surface area contributed by atoms with Gasteiger partial charge in [-0.05, 0) is 47.9 Å². The second-order valence-corrected chi connectivity index (χ2v) is 10.8. The van der Waals surface area contributed by atoms with Crippen LogP contribution in [0.15, 0.2) is 42.5 Å². The van der Waals surface area contributed by atoms with Crippen LogP contribution in [0.2, 0.25) is 0 Å². The first-order valence-corrected chi connectivity index (χ1v) is 14.5. The number of aliphatic hydroxyl groups is 4. The number of hydrogen-bond acceptors (Lipinski definition) is 16. The van der Waals surface area contributed by atoms with E-state index in [1.54, 1.807) is 6.07 Å². The van der Waals surface area contributed by atoms with Gasteiger partial charge >= 0.3 is 11.9 Å². The number of carbonyl (C=O) groups is 2. The monoisotopic (exact) mass is 666 g/mol. The lowest BCUT2D eigenvalue weighted by molar-refractivity contribution is -0.350. The van der Waals surface area contributed by atoms with Crippen LogP contribution in [0.3, 0.4) is 0 Å². The van der Waals surface area contributed by atoms with Crippen LogP contribution in [0.5, 0.6) is 23.0 Å². The molecule has 0 aliphatic carbocycles. The number of hydrogen-bond donors (Lipinski definition) is 7. The summed E-state index contributed by atoms with van der Waals surface area (Å²) in [5.41, 5.74) is 1.03. The van der Waals surface area contributed by atoms with Crippen LogP contribution in [0.4, 0.5) is 0 Å². The highest BCUT2D eigenvalue weighted by Gasteiger charge is 2.53. The Labute approximate surface area is 268 Å². The molecule has 4 rings (SSSR count). The predicted octanol–water partition coefficient (Wildman–Crippen LogP) is -0.531. The molecule has 2 aliphatic heterocycles. The fourth-order valence-electron chi connectivity index (χ4n) is 4.98. The Morgan fingerprint density at radius 2 is 1.66 bits per heavy atom. The molecule has 16 heteroatoms. The average Bonchev–Trinajstić information content (AvgIpc) is 3.04. The fourth-order valence-corrected chi connectivity index (χ4v) is 4.98. The Morgan fingerprint density at radius 1 is 0.915 bits per heavy atom. The van der Waals surface area contributed by atoms with E-state index in [1.165, 1.54) is 43.5 Å². The topological polar surface area (TPSA) is 240 Å². The zero-order valence-corrected chi connectivity index (χ0v) is 25.4. The predicted molar refractivity (Wildman–Crippen MR) is 157 cm³/mol. The highest BCUT2D eigenvalue weighted by Crippen LogP contribution is 2.33. The van der Waals surface area contributed by atoms with Crippen molar-refractivity contribution >= 4 is 18.0 Å². The number of phenols is 3. The highest BCUT2D eigenvalue weighted by molar-refractivity contribution is 5.87. The Balaban J connectivity index is 1.60. The summed E-state index contributed by atoms with van der Waals surface area (Å²) in [6, 6.07) is 8.50. The highest BCUT2D eigenvalue weighted by atomic mass is 16.8. The maximum Gasteiger partial charge on any atom is 0.331 e. The molecule has 0 radical (unpaired) electrons. The molecule has 7 N–H and O–H groups in total. The smallest absolute Gasteiger partial charge is 0.331 e. The van der Waals surface area contributed by atoms with Gasteiger partial charge in [0.1, 0.15) is 30.5 Å². The summed E-state index contributed by atoms with van der Waals surface area (Å²) in [5, 5.41) is 70.2. The number of aromatic hydroxyl groups is 3. The van der Waals surface area contributed by atoms with Gasteiger partial charge < -0.3 is 68.9 Å². The van der Waals surface area contributed by atoms with Gasteiger partial charge in [0.25, 0.3) is 0 Å². The second-order valence-electron chi connectivity index (χ2n) is 10.8. The first-order chi connectivity index (χ1) is 22.4. The summed E-state index contributed by atoms with van der Waals surface area (Å²) in [6.45, 7) is -0.178. The zero-order chi connectivity index (χ0) is 34.2. The van der Waals surface area contributed by atoms with Crippen molar-refractivity contribution in [2.75, 3.05) is 26.9 Å². The van der Waals surface area contributed by atoms with Crippen LogP contribution >= 0.6 is 0 Å². The number of aliphatic hydroxyl groups excluding tert-OH is 4. The standard InChI is InChI=1S/C31H38O16/c1-15(33)44-29-28(47-30-26(40)25(39)21(37)14-43-30)27(46-24(38)8-5-16-4-7-19(35)22(12-16)41-2)23(13-32)45-31(29)42-10-9-17-3-6-18(34)20(36)11-17/h3-8,11-12,21,23,25-32,34-37,39-40H,9-10,13-14H2,1-2H3/b8-5+/t21-,23-,25+,26-,27-,28+,29-,30+,31-/m1/s1. The molecule has 2 saturated heterocycles. The van der Waals surface area contributed by atoms with Crippen LogP contribution in [0.1, 0.15) is 18.1 Å². The van der Waals surface area contributed by atoms with Crippen LogP contribution in [-0.4, -0.2) is 130 Å². The van der Waals surface area contributed by atoms with E-state index in [0.717, 1.165) is 13.0 Å². The molecule has 2 aliphatic rings. The van der Waals surface area contributed by atoms with E-state index < -0.39 is 80.5 Å². The molecule has 9 atom stereocenters. The Morgan fingerprint density at radius 3 is 2.34 bits per heavy atom. The number of rotatable bonds is 12. The minimum Gasteiger partial charge on any atom is -0.504 e. The number of phenolic OH excluding ortho intramolecular Hbond substituents is 3. The van der Waals surface area contributed by atoms with Gasteiger partial charge in [0.15, 0.2) is 47.8 Å². The van der Waals surface area contributed by atoms with Gasteiger partial charge in [-0.2, -0.15) is 0 Å². The molecule has 16 nitrogen and oxygen atoms in total. The van der Waals surface area contributed by atoms with E-state index in [1.807, 2.05) is 0 Å². The molecule has 258 valence electrons. The van der Waals surface area contributed by atoms with E-state index >= 15 is 0 Å². The third kappa shape index (κ3) is 9.09. The molecular weight excluding hydrogens is 628 g/mol. The lowest BCUT2D eigenvalue weighted by Crippen LogP contribution is -2.65. The first-order valence-electron chi connectivity index (χ1n) is 14.5. The fraction of sp³-hybridized carbons (Fsp3) is 0.484. The molecule has 0 spiro atoms. The summed E-state index contributed by atoms with van der Waals surface area (Å²) in [6.07, 6.45) is -11.2. The van der Waals surface area contributed by atoms with Crippen LogP contribution in [0, 0.1) is 0 Å². The van der Waals surface area contributed by atoms with Crippen molar-refractivity contribution in [3.8, 4) is 23.0 Å². The lowest BCUT2D eigenvalue weighted by Gasteiger charge is -2.46. The Kier molecular flexibility index (Phi) is 12.4. The third-order valence-corrected chi connectivity index (χ3v) is 7.40. The van der Waals surface area contributed by atoms with Crippen molar-refractivity contribution in [2.45, 2.75) is 68.7 Å². The maximum atomic E-state index is 13.0. The van der Waals surface area contributed by atoms with Gasteiger partial charge in [0.2, 0.25) is 0 Å². The van der Waals surface area contributed by atoms with Crippen molar-refractivity contribution in [1.29, 1.82) is 0 Å². The van der Waals surface area contributed by atoms with E-state index in [2.05, 4.69) is 0 Å². The van der Waals surface area contributed by atoms with Crippen molar-refractivity contribution in [2.24, 2.45) is 0 Å². The second kappa shape index (κ2) is 16.2. The van der Waals surface area contributed by atoms with Gasteiger partial charge in [-0.25, -0.2) is 4.79 Å².